The first-order valence-electron chi connectivity index (χ1n) is 13.7. The zero-order valence-electron chi connectivity index (χ0n) is 22.1. The molecule has 6 nitrogen and oxygen atoms in total. The molecule has 10 atom stereocenters. The van der Waals surface area contributed by atoms with Crippen molar-refractivity contribution in [1.29, 1.82) is 0 Å². The van der Waals surface area contributed by atoms with Gasteiger partial charge >= 0.3 is 11.9 Å². The molecule has 0 heterocycles. The lowest BCUT2D eigenvalue weighted by Crippen LogP contribution is -2.64. The summed E-state index contributed by atoms with van der Waals surface area (Å²) in [6.07, 6.45) is 6.83. The largest absolute Gasteiger partial charge is 0.469 e. The molecule has 4 aliphatic carbocycles. The maximum absolute atomic E-state index is 12.8. The van der Waals surface area contributed by atoms with Crippen molar-refractivity contribution in [1.82, 2.24) is 5.32 Å². The molecule has 6 heteroatoms. The third-order valence-corrected chi connectivity index (χ3v) is 10.6. The molecular formula is C28H47NO5. The molecule has 0 aromatic heterocycles. The number of methoxy groups -OCH3 is 1. The quantitative estimate of drug-likeness (QED) is 0.554. The van der Waals surface area contributed by atoms with E-state index in [9.17, 15) is 14.7 Å². The van der Waals surface area contributed by atoms with Gasteiger partial charge in [0, 0.05) is 13.0 Å². The molecule has 0 saturated heterocycles. The average molecular weight is 478 g/mol. The summed E-state index contributed by atoms with van der Waals surface area (Å²) in [5.74, 6) is 2.22. The Balaban J connectivity index is 1.67. The normalized spacial score (nSPS) is 45.8. The van der Waals surface area contributed by atoms with Gasteiger partial charge in [-0.2, -0.15) is 0 Å². The Bertz CT molecular complexity index is 770. The zero-order chi connectivity index (χ0) is 24.8. The van der Waals surface area contributed by atoms with Gasteiger partial charge in [0.15, 0.2) is 0 Å². The van der Waals surface area contributed by atoms with Crippen LogP contribution in [0.2, 0.25) is 0 Å². The van der Waals surface area contributed by atoms with Gasteiger partial charge in [-0.05, 0) is 98.3 Å². The van der Waals surface area contributed by atoms with Crippen molar-refractivity contribution < 1.29 is 24.2 Å². The van der Waals surface area contributed by atoms with E-state index in [1.54, 1.807) is 0 Å². The highest BCUT2D eigenvalue weighted by molar-refractivity contribution is 5.74. The second kappa shape index (κ2) is 9.72. The van der Waals surface area contributed by atoms with Gasteiger partial charge in [-0.3, -0.25) is 9.59 Å². The van der Waals surface area contributed by atoms with Crippen LogP contribution >= 0.6 is 0 Å². The monoisotopic (exact) mass is 477 g/mol. The second-order valence-electron chi connectivity index (χ2n) is 12.8. The predicted molar refractivity (Wildman–Crippen MR) is 131 cm³/mol. The Kier molecular flexibility index (Phi) is 7.42. The lowest BCUT2D eigenvalue weighted by molar-refractivity contribution is -0.188. The van der Waals surface area contributed by atoms with Crippen LogP contribution in [0.3, 0.4) is 0 Å². The van der Waals surface area contributed by atoms with E-state index in [2.05, 4.69) is 33.0 Å². The van der Waals surface area contributed by atoms with Crippen molar-refractivity contribution in [3.8, 4) is 0 Å². The number of ether oxygens (including phenoxy) is 2. The van der Waals surface area contributed by atoms with Gasteiger partial charge in [0.25, 0.3) is 0 Å². The molecule has 2 N–H and O–H groups in total. The minimum Gasteiger partial charge on any atom is -0.469 e. The lowest BCUT2D eigenvalue weighted by Gasteiger charge is -2.64. The molecule has 0 unspecified atom stereocenters. The number of aliphatic hydroxyl groups is 1. The minimum absolute atomic E-state index is 0.00242. The Labute approximate surface area is 205 Å². The van der Waals surface area contributed by atoms with Crippen molar-refractivity contribution in [2.24, 2.45) is 46.3 Å². The van der Waals surface area contributed by atoms with E-state index in [0.29, 0.717) is 42.1 Å². The van der Waals surface area contributed by atoms with Crippen LogP contribution < -0.4 is 5.32 Å². The molecular weight excluding hydrogens is 430 g/mol. The highest BCUT2D eigenvalue weighted by atomic mass is 16.6. The summed E-state index contributed by atoms with van der Waals surface area (Å²) in [6.45, 7) is 11.7. The number of nitrogens with one attached hydrogen (secondary N) is 1. The number of carbonyl (C=O) groups excluding carboxylic acids is 2. The summed E-state index contributed by atoms with van der Waals surface area (Å²) in [4.78, 5) is 24.6. The van der Waals surface area contributed by atoms with Crippen molar-refractivity contribution in [2.45, 2.75) is 104 Å². The molecule has 4 saturated carbocycles. The summed E-state index contributed by atoms with van der Waals surface area (Å²) in [5, 5.41) is 14.8. The van der Waals surface area contributed by atoms with E-state index >= 15 is 0 Å². The molecule has 4 fully saturated rings. The van der Waals surface area contributed by atoms with Crippen molar-refractivity contribution >= 4 is 11.9 Å². The summed E-state index contributed by atoms with van der Waals surface area (Å²) in [5.41, 5.74) is -0.0428. The summed E-state index contributed by atoms with van der Waals surface area (Å²) < 4.78 is 10.9. The van der Waals surface area contributed by atoms with Gasteiger partial charge in [0.1, 0.15) is 6.10 Å². The predicted octanol–water partition coefficient (Wildman–Crippen LogP) is 4.34. The molecule has 34 heavy (non-hydrogen) atoms. The van der Waals surface area contributed by atoms with Gasteiger partial charge in [0.2, 0.25) is 0 Å². The van der Waals surface area contributed by atoms with E-state index in [0.717, 1.165) is 51.5 Å². The standard InChI is InChI=1S/C28H47NO5/c1-16(2)11-12-29-22-14-28(5)20(9-10-21(28)26(32)33-6)19-8-7-18-13-23(31)24(34-17(3)30)15-27(18,4)25(19)22/h16,18-25,29,31H,7-15H2,1-6H3/t18-,19-,20-,21+,22+,23-,24-,25+,27-,28-/m0/s1. The highest BCUT2D eigenvalue weighted by Gasteiger charge is 2.65. The molecule has 0 aromatic carbocycles. The zero-order valence-corrected chi connectivity index (χ0v) is 22.1. The average Bonchev–Trinajstić information content (AvgIpc) is 3.10. The van der Waals surface area contributed by atoms with E-state index in [-0.39, 0.29) is 28.7 Å². The second-order valence-corrected chi connectivity index (χ2v) is 12.8. The van der Waals surface area contributed by atoms with Gasteiger partial charge in [-0.15, -0.1) is 0 Å². The Hall–Kier alpha value is -1.14. The van der Waals surface area contributed by atoms with E-state index in [1.807, 2.05) is 0 Å². The Morgan fingerprint density at radius 1 is 1.09 bits per heavy atom. The van der Waals surface area contributed by atoms with Gasteiger partial charge in [-0.1, -0.05) is 27.7 Å². The van der Waals surface area contributed by atoms with E-state index in [1.165, 1.54) is 14.0 Å². The molecule has 0 aliphatic heterocycles. The summed E-state index contributed by atoms with van der Waals surface area (Å²) in [6, 6.07) is 0.316. The number of esters is 2. The first-order chi connectivity index (χ1) is 16.0. The van der Waals surface area contributed by atoms with Crippen LogP contribution in [0.1, 0.15) is 86.0 Å². The van der Waals surface area contributed by atoms with E-state index < -0.39 is 12.2 Å². The third-order valence-electron chi connectivity index (χ3n) is 10.6. The van der Waals surface area contributed by atoms with Crippen molar-refractivity contribution in [2.75, 3.05) is 13.7 Å². The van der Waals surface area contributed by atoms with Crippen LogP contribution in [-0.2, 0) is 19.1 Å². The Morgan fingerprint density at radius 3 is 2.47 bits per heavy atom. The van der Waals surface area contributed by atoms with Crippen LogP contribution in [0.5, 0.6) is 0 Å². The molecule has 4 rings (SSSR count). The van der Waals surface area contributed by atoms with Crippen LogP contribution in [0.25, 0.3) is 0 Å². The van der Waals surface area contributed by atoms with Crippen LogP contribution in [-0.4, -0.2) is 48.9 Å². The van der Waals surface area contributed by atoms with Gasteiger partial charge < -0.3 is 19.9 Å². The smallest absolute Gasteiger partial charge is 0.309 e. The molecule has 194 valence electrons. The molecule has 4 aliphatic rings. The highest BCUT2D eigenvalue weighted by Crippen LogP contribution is 2.67. The van der Waals surface area contributed by atoms with Crippen LogP contribution in [0.15, 0.2) is 0 Å². The summed E-state index contributed by atoms with van der Waals surface area (Å²) >= 11 is 0. The molecule has 0 amide bonds. The number of rotatable bonds is 6. The maximum Gasteiger partial charge on any atom is 0.309 e. The fourth-order valence-electron chi connectivity index (χ4n) is 9.06. The number of hydrogen-bond acceptors (Lipinski definition) is 6. The Morgan fingerprint density at radius 2 is 1.82 bits per heavy atom. The maximum atomic E-state index is 12.8. The summed E-state index contributed by atoms with van der Waals surface area (Å²) in [7, 11) is 1.53. The topological polar surface area (TPSA) is 84.9 Å². The SMILES string of the molecule is COC(=O)[C@H]1CC[C@H]2[C@@H]3CC[C@H]4C[C@H](O)[C@@H](OC(C)=O)C[C@]4(C)[C@H]3[C@H](NCCC(C)C)C[C@]12C. The third kappa shape index (κ3) is 4.42. The fourth-order valence-corrected chi connectivity index (χ4v) is 9.06. The van der Waals surface area contributed by atoms with Gasteiger partial charge in [-0.25, -0.2) is 0 Å². The molecule has 0 aromatic rings. The lowest BCUT2D eigenvalue weighted by atomic mass is 9.43. The number of carbonyl (C=O) groups is 2. The molecule has 0 bridgehead atoms. The van der Waals surface area contributed by atoms with Crippen LogP contribution in [0, 0.1) is 46.3 Å². The molecule has 0 spiro atoms. The van der Waals surface area contributed by atoms with Crippen molar-refractivity contribution in [3.63, 3.8) is 0 Å². The number of fused-ring (bicyclic) bond motifs is 5. The van der Waals surface area contributed by atoms with E-state index in [4.69, 9.17) is 9.47 Å². The van der Waals surface area contributed by atoms with Gasteiger partial charge in [0.05, 0.1) is 19.1 Å². The van der Waals surface area contributed by atoms with Crippen LogP contribution in [0.4, 0.5) is 0 Å². The number of aliphatic hydroxyl groups excluding tert-OH is 1. The molecule has 0 radical (unpaired) electrons. The first kappa shape index (κ1) is 25.9. The minimum atomic E-state index is -0.574. The van der Waals surface area contributed by atoms with Crippen molar-refractivity contribution in [3.05, 3.63) is 0 Å². The first-order valence-corrected chi connectivity index (χ1v) is 13.7. The fraction of sp³-hybridized carbons (Fsp3) is 0.929. The number of hydrogen-bond donors (Lipinski definition) is 2.